The van der Waals surface area contributed by atoms with Gasteiger partial charge in [-0.3, -0.25) is 0 Å². The fourth-order valence-corrected chi connectivity index (χ4v) is 2.78. The summed E-state index contributed by atoms with van der Waals surface area (Å²) < 4.78 is 11.5. The van der Waals surface area contributed by atoms with Gasteiger partial charge in [0.2, 0.25) is 5.13 Å². The molecule has 0 amide bonds. The van der Waals surface area contributed by atoms with Gasteiger partial charge in [-0.1, -0.05) is 11.3 Å². The second-order valence-corrected chi connectivity index (χ2v) is 5.52. The minimum atomic E-state index is 0.109. The predicted octanol–water partition coefficient (Wildman–Crippen LogP) is 1.15. The summed E-state index contributed by atoms with van der Waals surface area (Å²) in [5.41, 5.74) is 0. The van der Waals surface area contributed by atoms with E-state index in [-0.39, 0.29) is 12.2 Å². The summed E-state index contributed by atoms with van der Waals surface area (Å²) in [6.07, 6.45) is 0.218. The molecule has 1 aromatic heterocycles. The normalized spacial score (nSPS) is 26.2. The number of aromatic nitrogens is 2. The van der Waals surface area contributed by atoms with Gasteiger partial charge in [0.25, 0.3) is 0 Å². The average molecular weight is 294 g/mol. The number of rotatable bonds is 3. The summed E-state index contributed by atoms with van der Waals surface area (Å²) in [5, 5.41) is 8.90. The Kier molecular flexibility index (Phi) is 3.55. The summed E-state index contributed by atoms with van der Waals surface area (Å²) in [4.78, 5) is 2.13. The largest absolute Gasteiger partial charge is 0.377 e. The summed E-state index contributed by atoms with van der Waals surface area (Å²) in [7, 11) is 3.41. The first-order valence-electron chi connectivity index (χ1n) is 4.54. The van der Waals surface area contributed by atoms with Crippen LogP contribution in [0.4, 0.5) is 5.13 Å². The van der Waals surface area contributed by atoms with Crippen molar-refractivity contribution >= 4 is 32.4 Å². The van der Waals surface area contributed by atoms with Crippen LogP contribution in [0.15, 0.2) is 3.92 Å². The van der Waals surface area contributed by atoms with Crippen molar-refractivity contribution in [3.63, 3.8) is 0 Å². The molecule has 15 heavy (non-hydrogen) atoms. The smallest absolute Gasteiger partial charge is 0.209 e. The van der Waals surface area contributed by atoms with Crippen LogP contribution in [0.25, 0.3) is 0 Å². The van der Waals surface area contributed by atoms with Gasteiger partial charge in [-0.2, -0.15) is 0 Å². The van der Waals surface area contributed by atoms with Crippen LogP contribution in [0, 0.1) is 0 Å². The molecule has 7 heteroatoms. The van der Waals surface area contributed by atoms with Gasteiger partial charge in [-0.15, -0.1) is 10.2 Å². The van der Waals surface area contributed by atoms with E-state index in [0.29, 0.717) is 0 Å². The van der Waals surface area contributed by atoms with Crippen molar-refractivity contribution in [1.82, 2.24) is 10.2 Å². The molecule has 84 valence electrons. The van der Waals surface area contributed by atoms with Gasteiger partial charge >= 0.3 is 0 Å². The SMILES string of the molecule is COC1CN(c2nnc(Br)s2)CC1OC. The van der Waals surface area contributed by atoms with E-state index >= 15 is 0 Å². The van der Waals surface area contributed by atoms with Crippen LogP contribution < -0.4 is 4.90 Å². The highest BCUT2D eigenvalue weighted by Gasteiger charge is 2.34. The topological polar surface area (TPSA) is 47.5 Å². The van der Waals surface area contributed by atoms with E-state index in [4.69, 9.17) is 9.47 Å². The van der Waals surface area contributed by atoms with Crippen molar-refractivity contribution in [3.05, 3.63) is 3.92 Å². The molecule has 0 radical (unpaired) electrons. The van der Waals surface area contributed by atoms with Crippen LogP contribution in [-0.2, 0) is 9.47 Å². The Morgan fingerprint density at radius 2 is 1.87 bits per heavy atom. The molecule has 5 nitrogen and oxygen atoms in total. The zero-order valence-electron chi connectivity index (χ0n) is 8.51. The molecule has 0 spiro atoms. The fraction of sp³-hybridized carbons (Fsp3) is 0.750. The first-order chi connectivity index (χ1) is 7.24. The molecule has 2 rings (SSSR count). The molecular weight excluding hydrogens is 282 g/mol. The van der Waals surface area contributed by atoms with Crippen LogP contribution >= 0.6 is 27.3 Å². The lowest BCUT2D eigenvalue weighted by Crippen LogP contribution is -2.27. The van der Waals surface area contributed by atoms with Crippen LogP contribution in [-0.4, -0.2) is 49.7 Å². The van der Waals surface area contributed by atoms with Crippen LogP contribution in [0.5, 0.6) is 0 Å². The standard InChI is InChI=1S/C8H12BrN3O2S/c1-13-5-3-12(4-6(5)14-2)8-11-10-7(9)15-8/h5-6H,3-4H2,1-2H3. The molecule has 0 saturated carbocycles. The van der Waals surface area contributed by atoms with Crippen molar-refractivity contribution in [1.29, 1.82) is 0 Å². The Morgan fingerprint density at radius 3 is 2.27 bits per heavy atom. The Balaban J connectivity index is 2.07. The Hall–Kier alpha value is -0.240. The second-order valence-electron chi connectivity index (χ2n) is 3.29. The molecule has 2 unspecified atom stereocenters. The molecule has 0 N–H and O–H groups in total. The highest BCUT2D eigenvalue weighted by Crippen LogP contribution is 2.28. The monoisotopic (exact) mass is 293 g/mol. The Labute approximate surface area is 101 Å². The lowest BCUT2D eigenvalue weighted by atomic mass is 10.3. The molecule has 2 atom stereocenters. The second kappa shape index (κ2) is 4.73. The van der Waals surface area contributed by atoms with Crippen LogP contribution in [0.1, 0.15) is 0 Å². The first-order valence-corrected chi connectivity index (χ1v) is 6.15. The first kappa shape index (κ1) is 11.3. The van der Waals surface area contributed by atoms with Gasteiger partial charge in [-0.25, -0.2) is 0 Å². The third-order valence-electron chi connectivity index (χ3n) is 2.48. The number of halogens is 1. The summed E-state index contributed by atoms with van der Waals surface area (Å²) in [6, 6.07) is 0. The van der Waals surface area contributed by atoms with Gasteiger partial charge in [0.15, 0.2) is 3.92 Å². The van der Waals surface area contributed by atoms with E-state index in [1.807, 2.05) is 0 Å². The van der Waals surface area contributed by atoms with Gasteiger partial charge in [0.1, 0.15) is 12.2 Å². The van der Waals surface area contributed by atoms with Gasteiger partial charge in [-0.05, 0) is 15.9 Å². The molecular formula is C8H12BrN3O2S. The third kappa shape index (κ3) is 2.30. The molecule has 0 aromatic carbocycles. The maximum atomic E-state index is 5.35. The minimum absolute atomic E-state index is 0.109. The molecule has 2 heterocycles. The summed E-state index contributed by atoms with van der Waals surface area (Å²) >= 11 is 4.82. The molecule has 1 aromatic rings. The quantitative estimate of drug-likeness (QED) is 0.837. The van der Waals surface area contributed by atoms with Gasteiger partial charge < -0.3 is 14.4 Å². The fourth-order valence-electron chi connectivity index (χ4n) is 1.68. The predicted molar refractivity (Wildman–Crippen MR) is 61.4 cm³/mol. The number of nitrogens with zero attached hydrogens (tertiary/aromatic N) is 3. The Bertz CT molecular complexity index is 323. The van der Waals surface area contributed by atoms with Gasteiger partial charge in [0, 0.05) is 27.3 Å². The van der Waals surface area contributed by atoms with Crippen LogP contribution in [0.3, 0.4) is 0 Å². The minimum Gasteiger partial charge on any atom is -0.377 e. The van der Waals surface area contributed by atoms with Crippen molar-refractivity contribution < 1.29 is 9.47 Å². The Morgan fingerprint density at radius 1 is 1.27 bits per heavy atom. The molecule has 0 bridgehead atoms. The van der Waals surface area contributed by atoms with Gasteiger partial charge in [0.05, 0.1) is 0 Å². The zero-order valence-corrected chi connectivity index (χ0v) is 10.9. The lowest BCUT2D eigenvalue weighted by Gasteiger charge is -2.13. The maximum Gasteiger partial charge on any atom is 0.209 e. The van der Waals surface area contributed by atoms with Crippen LogP contribution in [0.2, 0.25) is 0 Å². The number of methoxy groups -OCH3 is 2. The van der Waals surface area contributed by atoms with Crippen molar-refractivity contribution in [2.24, 2.45) is 0 Å². The molecule has 1 aliphatic heterocycles. The molecule has 1 saturated heterocycles. The number of ether oxygens (including phenoxy) is 2. The zero-order chi connectivity index (χ0) is 10.8. The van der Waals surface area contributed by atoms with E-state index in [2.05, 4.69) is 31.0 Å². The molecule has 0 aliphatic carbocycles. The lowest BCUT2D eigenvalue weighted by molar-refractivity contribution is -0.00461. The molecule has 1 fully saturated rings. The summed E-state index contributed by atoms with van der Waals surface area (Å²) in [6.45, 7) is 1.60. The van der Waals surface area contributed by atoms with Crippen molar-refractivity contribution in [3.8, 4) is 0 Å². The average Bonchev–Trinajstić information content (AvgIpc) is 2.82. The highest BCUT2D eigenvalue weighted by molar-refractivity contribution is 9.11. The van der Waals surface area contributed by atoms with E-state index in [1.165, 1.54) is 11.3 Å². The van der Waals surface area contributed by atoms with E-state index in [1.54, 1.807) is 14.2 Å². The highest BCUT2D eigenvalue weighted by atomic mass is 79.9. The van der Waals surface area contributed by atoms with E-state index < -0.39 is 0 Å². The summed E-state index contributed by atoms with van der Waals surface area (Å²) in [5.74, 6) is 0. The molecule has 1 aliphatic rings. The van der Waals surface area contributed by atoms with Crippen molar-refractivity contribution in [2.75, 3.05) is 32.2 Å². The maximum absolute atomic E-state index is 5.35. The van der Waals surface area contributed by atoms with E-state index in [9.17, 15) is 0 Å². The van der Waals surface area contributed by atoms with Crippen molar-refractivity contribution in [2.45, 2.75) is 12.2 Å². The number of hydrogen-bond acceptors (Lipinski definition) is 6. The number of anilines is 1. The number of hydrogen-bond donors (Lipinski definition) is 0. The third-order valence-corrected chi connectivity index (χ3v) is 3.90. The van der Waals surface area contributed by atoms with E-state index in [0.717, 1.165) is 22.1 Å².